The van der Waals surface area contributed by atoms with E-state index in [2.05, 4.69) is 10.6 Å². The van der Waals surface area contributed by atoms with Gasteiger partial charge in [-0.1, -0.05) is 0 Å². The Bertz CT molecular complexity index is 1510. The predicted octanol–water partition coefficient (Wildman–Crippen LogP) is 5.34. The van der Waals surface area contributed by atoms with Crippen LogP contribution in [0.1, 0.15) is 23.5 Å². The standard InChI is InChI=1S/C26H25N3O5S2/c1-4-29(36(32,33)23-12-10-22(34-3)11-13-23)21-9-14-24-18(15-21)16-25(35-24)26(31)28-20-7-5-19(6-8-20)27-17(2)30/h5-16H,4H2,1-3H3,(H,27,30)(H,28,31). The maximum absolute atomic E-state index is 13.3. The molecule has 0 atom stereocenters. The summed E-state index contributed by atoms with van der Waals surface area (Å²) in [6.45, 7) is 3.44. The minimum atomic E-state index is -3.78. The van der Waals surface area contributed by atoms with Crippen LogP contribution in [-0.4, -0.2) is 33.9 Å². The number of amides is 2. The molecular formula is C26H25N3O5S2. The van der Waals surface area contributed by atoms with E-state index in [4.69, 9.17) is 4.74 Å². The number of thiophene rings is 1. The first-order chi connectivity index (χ1) is 17.2. The minimum absolute atomic E-state index is 0.167. The van der Waals surface area contributed by atoms with Gasteiger partial charge in [-0.3, -0.25) is 13.9 Å². The van der Waals surface area contributed by atoms with Crippen LogP contribution in [-0.2, 0) is 14.8 Å². The van der Waals surface area contributed by atoms with Gasteiger partial charge in [0.2, 0.25) is 5.91 Å². The number of nitrogens with one attached hydrogen (secondary N) is 2. The predicted molar refractivity (Wildman–Crippen MR) is 144 cm³/mol. The summed E-state index contributed by atoms with van der Waals surface area (Å²) in [5.74, 6) is 0.129. The molecule has 2 amide bonds. The first-order valence-corrected chi connectivity index (χ1v) is 13.4. The molecule has 3 aromatic carbocycles. The Balaban J connectivity index is 1.56. The Labute approximate surface area is 213 Å². The number of sulfonamides is 1. The first kappa shape index (κ1) is 25.2. The van der Waals surface area contributed by atoms with E-state index in [0.29, 0.717) is 27.7 Å². The number of carbonyl (C=O) groups excluding carboxylic acids is 2. The number of hydrogen-bond acceptors (Lipinski definition) is 6. The number of ether oxygens (including phenoxy) is 1. The largest absolute Gasteiger partial charge is 0.497 e. The highest BCUT2D eigenvalue weighted by Gasteiger charge is 2.24. The fraction of sp³-hybridized carbons (Fsp3) is 0.154. The molecule has 0 bridgehead atoms. The zero-order chi connectivity index (χ0) is 25.9. The summed E-state index contributed by atoms with van der Waals surface area (Å²) >= 11 is 1.32. The summed E-state index contributed by atoms with van der Waals surface area (Å²) in [5, 5.41) is 6.29. The smallest absolute Gasteiger partial charge is 0.265 e. The molecule has 4 aromatic rings. The number of carbonyl (C=O) groups is 2. The monoisotopic (exact) mass is 523 g/mol. The van der Waals surface area contributed by atoms with Crippen LogP contribution in [0.2, 0.25) is 0 Å². The van der Waals surface area contributed by atoms with E-state index in [9.17, 15) is 18.0 Å². The molecule has 0 aliphatic heterocycles. The van der Waals surface area contributed by atoms with Crippen molar-refractivity contribution in [1.82, 2.24) is 0 Å². The Kier molecular flexibility index (Phi) is 7.27. The van der Waals surface area contributed by atoms with Crippen molar-refractivity contribution in [3.8, 4) is 5.75 Å². The number of anilines is 3. The molecule has 0 saturated heterocycles. The number of benzene rings is 3. The lowest BCUT2D eigenvalue weighted by Gasteiger charge is -2.23. The number of methoxy groups -OCH3 is 1. The van der Waals surface area contributed by atoms with Gasteiger partial charge in [-0.25, -0.2) is 8.42 Å². The quantitative estimate of drug-likeness (QED) is 0.325. The van der Waals surface area contributed by atoms with Gasteiger partial charge < -0.3 is 15.4 Å². The molecular weight excluding hydrogens is 498 g/mol. The van der Waals surface area contributed by atoms with Crippen molar-refractivity contribution in [3.05, 3.63) is 77.7 Å². The van der Waals surface area contributed by atoms with Gasteiger partial charge in [-0.05, 0) is 85.1 Å². The molecule has 0 fully saturated rings. The van der Waals surface area contributed by atoms with Crippen molar-refractivity contribution in [2.75, 3.05) is 28.6 Å². The molecule has 8 nitrogen and oxygen atoms in total. The molecule has 186 valence electrons. The van der Waals surface area contributed by atoms with Crippen LogP contribution in [0, 0.1) is 0 Å². The number of fused-ring (bicyclic) bond motifs is 1. The van der Waals surface area contributed by atoms with E-state index in [0.717, 1.165) is 10.1 Å². The van der Waals surface area contributed by atoms with Crippen molar-refractivity contribution in [3.63, 3.8) is 0 Å². The van der Waals surface area contributed by atoms with Gasteiger partial charge in [-0.2, -0.15) is 0 Å². The van der Waals surface area contributed by atoms with Gasteiger partial charge in [0, 0.05) is 29.5 Å². The van der Waals surface area contributed by atoms with Crippen LogP contribution in [0.25, 0.3) is 10.1 Å². The summed E-state index contributed by atoms with van der Waals surface area (Å²) in [4.78, 5) is 24.7. The molecule has 36 heavy (non-hydrogen) atoms. The van der Waals surface area contributed by atoms with Crippen molar-refractivity contribution >= 4 is 60.3 Å². The first-order valence-electron chi connectivity index (χ1n) is 11.1. The van der Waals surface area contributed by atoms with Gasteiger partial charge in [0.15, 0.2) is 0 Å². The second-order valence-corrected chi connectivity index (χ2v) is 10.8. The highest BCUT2D eigenvalue weighted by molar-refractivity contribution is 7.92. The Morgan fingerprint density at radius 2 is 1.56 bits per heavy atom. The third kappa shape index (κ3) is 5.34. The molecule has 0 unspecified atom stereocenters. The zero-order valence-corrected chi connectivity index (χ0v) is 21.6. The van der Waals surface area contributed by atoms with Crippen LogP contribution in [0.15, 0.2) is 77.7 Å². The molecule has 2 N–H and O–H groups in total. The highest BCUT2D eigenvalue weighted by atomic mass is 32.2. The lowest BCUT2D eigenvalue weighted by molar-refractivity contribution is -0.114. The minimum Gasteiger partial charge on any atom is -0.497 e. The summed E-state index contributed by atoms with van der Waals surface area (Å²) in [6.07, 6.45) is 0. The lowest BCUT2D eigenvalue weighted by atomic mass is 10.2. The Morgan fingerprint density at radius 3 is 2.14 bits per heavy atom. The molecule has 4 rings (SSSR count). The summed E-state index contributed by atoms with van der Waals surface area (Å²) in [5.41, 5.74) is 1.74. The van der Waals surface area contributed by atoms with E-state index in [-0.39, 0.29) is 23.3 Å². The van der Waals surface area contributed by atoms with Crippen molar-refractivity contribution in [1.29, 1.82) is 0 Å². The van der Waals surface area contributed by atoms with E-state index in [1.165, 1.54) is 41.8 Å². The molecule has 0 spiro atoms. The van der Waals surface area contributed by atoms with Crippen LogP contribution in [0.3, 0.4) is 0 Å². The van der Waals surface area contributed by atoms with Gasteiger partial charge >= 0.3 is 0 Å². The normalized spacial score (nSPS) is 11.2. The third-order valence-corrected chi connectivity index (χ3v) is 8.44. The van der Waals surface area contributed by atoms with Crippen LogP contribution in [0.5, 0.6) is 5.75 Å². The Morgan fingerprint density at radius 1 is 0.917 bits per heavy atom. The highest BCUT2D eigenvalue weighted by Crippen LogP contribution is 2.32. The lowest BCUT2D eigenvalue weighted by Crippen LogP contribution is -2.30. The van der Waals surface area contributed by atoms with Gasteiger partial charge in [0.05, 0.1) is 22.6 Å². The maximum atomic E-state index is 13.3. The summed E-state index contributed by atoms with van der Waals surface area (Å²) in [6, 6.07) is 20.2. The van der Waals surface area contributed by atoms with Gasteiger partial charge in [0.1, 0.15) is 5.75 Å². The van der Waals surface area contributed by atoms with Gasteiger partial charge in [-0.15, -0.1) is 11.3 Å². The van der Waals surface area contributed by atoms with Crippen molar-refractivity contribution < 1.29 is 22.7 Å². The average Bonchev–Trinajstić information content (AvgIpc) is 3.29. The average molecular weight is 524 g/mol. The van der Waals surface area contributed by atoms with E-state index >= 15 is 0 Å². The van der Waals surface area contributed by atoms with Crippen LogP contribution >= 0.6 is 11.3 Å². The Hall–Kier alpha value is -3.89. The third-order valence-electron chi connectivity index (χ3n) is 5.41. The van der Waals surface area contributed by atoms with E-state index < -0.39 is 10.0 Å². The van der Waals surface area contributed by atoms with Crippen molar-refractivity contribution in [2.24, 2.45) is 0 Å². The summed E-state index contributed by atoms with van der Waals surface area (Å²) < 4.78 is 33.9. The second-order valence-electron chi connectivity index (χ2n) is 7.89. The fourth-order valence-electron chi connectivity index (χ4n) is 3.70. The molecule has 0 aliphatic rings. The van der Waals surface area contributed by atoms with Gasteiger partial charge in [0.25, 0.3) is 15.9 Å². The van der Waals surface area contributed by atoms with E-state index in [1.54, 1.807) is 61.5 Å². The SMILES string of the molecule is CCN(c1ccc2sc(C(=O)Nc3ccc(NC(C)=O)cc3)cc2c1)S(=O)(=O)c1ccc(OC)cc1. The van der Waals surface area contributed by atoms with E-state index in [1.807, 2.05) is 6.07 Å². The number of hydrogen-bond donors (Lipinski definition) is 2. The fourth-order valence-corrected chi connectivity index (χ4v) is 6.10. The molecule has 1 heterocycles. The molecule has 0 aliphatic carbocycles. The van der Waals surface area contributed by atoms with Crippen LogP contribution < -0.4 is 19.7 Å². The topological polar surface area (TPSA) is 105 Å². The molecule has 1 aromatic heterocycles. The van der Waals surface area contributed by atoms with Crippen molar-refractivity contribution in [2.45, 2.75) is 18.7 Å². The molecule has 0 saturated carbocycles. The zero-order valence-electron chi connectivity index (χ0n) is 19.9. The number of nitrogens with zero attached hydrogens (tertiary/aromatic N) is 1. The summed E-state index contributed by atoms with van der Waals surface area (Å²) in [7, 11) is -2.26. The van der Waals surface area contributed by atoms with Crippen LogP contribution in [0.4, 0.5) is 17.1 Å². The molecule has 0 radical (unpaired) electrons. The molecule has 10 heteroatoms. The number of rotatable bonds is 8. The second kappa shape index (κ2) is 10.4. The maximum Gasteiger partial charge on any atom is 0.265 e.